The minimum absolute atomic E-state index is 0.0262. The molecule has 1 aliphatic heterocycles. The molecule has 0 aliphatic carbocycles. The fourth-order valence-electron chi connectivity index (χ4n) is 3.51. The van der Waals surface area contributed by atoms with Gasteiger partial charge in [-0.05, 0) is 124 Å². The predicted octanol–water partition coefficient (Wildman–Crippen LogP) is 6.71. The molecule has 1 aliphatic rings. The smallest absolute Gasteiger partial charge is 0.335 e. The lowest BCUT2D eigenvalue weighted by molar-refractivity contribution is -0.384. The van der Waals surface area contributed by atoms with E-state index in [1.54, 1.807) is 35.2 Å². The van der Waals surface area contributed by atoms with Gasteiger partial charge in [0.1, 0.15) is 12.4 Å². The number of hydrogen-bond donors (Lipinski definition) is 1. The average Bonchev–Trinajstić information content (AvgIpc) is 3.17. The summed E-state index contributed by atoms with van der Waals surface area (Å²) in [5.41, 5.74) is 2.24. The molecule has 9 nitrogen and oxygen atoms in total. The molecular formula is C26H19I2N3O6S. The van der Waals surface area contributed by atoms with Crippen LogP contribution < -0.4 is 4.74 Å². The Morgan fingerprint density at radius 2 is 1.84 bits per heavy atom. The van der Waals surface area contributed by atoms with Gasteiger partial charge in [-0.25, -0.2) is 9.79 Å². The highest BCUT2D eigenvalue weighted by Crippen LogP contribution is 2.36. The van der Waals surface area contributed by atoms with Crippen molar-refractivity contribution in [2.75, 3.05) is 6.54 Å². The van der Waals surface area contributed by atoms with Gasteiger partial charge in [0.15, 0.2) is 5.17 Å². The molecule has 1 heterocycles. The van der Waals surface area contributed by atoms with Crippen LogP contribution >= 0.6 is 56.9 Å². The van der Waals surface area contributed by atoms with Crippen LogP contribution in [0.3, 0.4) is 0 Å². The number of hydrogen-bond acceptors (Lipinski definition) is 7. The van der Waals surface area contributed by atoms with Crippen molar-refractivity contribution in [1.82, 2.24) is 4.90 Å². The maximum Gasteiger partial charge on any atom is 0.335 e. The lowest BCUT2D eigenvalue weighted by atomic mass is 10.2. The van der Waals surface area contributed by atoms with Gasteiger partial charge < -0.3 is 9.84 Å². The first kappa shape index (κ1) is 28.0. The summed E-state index contributed by atoms with van der Waals surface area (Å²) in [4.78, 5) is 41.4. The highest BCUT2D eigenvalue weighted by atomic mass is 127. The molecule has 0 spiro atoms. The second-order valence-corrected chi connectivity index (χ2v) is 11.3. The number of aliphatic imine (C=N–C) groups is 1. The zero-order valence-electron chi connectivity index (χ0n) is 19.8. The van der Waals surface area contributed by atoms with Gasteiger partial charge in [-0.3, -0.25) is 19.8 Å². The summed E-state index contributed by atoms with van der Waals surface area (Å²) in [7, 11) is 0. The molecule has 38 heavy (non-hydrogen) atoms. The summed E-state index contributed by atoms with van der Waals surface area (Å²) in [5.74, 6) is -0.526. The van der Waals surface area contributed by atoms with Crippen molar-refractivity contribution in [2.45, 2.75) is 13.5 Å². The van der Waals surface area contributed by atoms with Gasteiger partial charge in [0.25, 0.3) is 11.6 Å². The largest absolute Gasteiger partial charge is 0.487 e. The van der Waals surface area contributed by atoms with Gasteiger partial charge >= 0.3 is 5.97 Å². The Balaban J connectivity index is 1.54. The summed E-state index contributed by atoms with van der Waals surface area (Å²) in [6.07, 6.45) is 1.80. The molecule has 4 rings (SSSR count). The van der Waals surface area contributed by atoms with Crippen molar-refractivity contribution < 1.29 is 24.4 Å². The molecule has 1 fully saturated rings. The minimum atomic E-state index is -1.04. The van der Waals surface area contributed by atoms with Crippen LogP contribution in [0.5, 0.6) is 5.75 Å². The van der Waals surface area contributed by atoms with Gasteiger partial charge in [0.05, 0.1) is 28.2 Å². The first-order chi connectivity index (χ1) is 18.2. The normalized spacial score (nSPS) is 15.3. The number of carbonyl (C=O) groups excluding carboxylic acids is 1. The van der Waals surface area contributed by atoms with Crippen molar-refractivity contribution in [3.63, 3.8) is 0 Å². The first-order valence-electron chi connectivity index (χ1n) is 11.1. The molecule has 0 unspecified atom stereocenters. The molecule has 0 saturated carbocycles. The van der Waals surface area contributed by atoms with E-state index in [4.69, 9.17) is 4.74 Å². The SMILES string of the molecule is CCN1C(=O)C(=Cc2cc(I)c(OCc3ccc([N+](=O)[O-])cc3)c(I)c2)SC1=Nc1cccc(C(=O)O)c1. The number of non-ortho nitro benzene ring substituents is 1. The molecule has 0 atom stereocenters. The van der Waals surface area contributed by atoms with E-state index in [0.29, 0.717) is 28.1 Å². The lowest BCUT2D eigenvalue weighted by Gasteiger charge is -2.12. The number of nitro benzene ring substituents is 1. The number of rotatable bonds is 8. The number of amidine groups is 1. The summed E-state index contributed by atoms with van der Waals surface area (Å²) in [6, 6.07) is 16.3. The summed E-state index contributed by atoms with van der Waals surface area (Å²) in [6.45, 7) is 2.53. The van der Waals surface area contributed by atoms with Gasteiger partial charge in [0, 0.05) is 18.7 Å². The number of carbonyl (C=O) groups is 2. The third kappa shape index (κ3) is 6.53. The number of aromatic carboxylic acids is 1. The van der Waals surface area contributed by atoms with Crippen LogP contribution in [-0.2, 0) is 11.4 Å². The zero-order valence-corrected chi connectivity index (χ0v) is 24.9. The molecule has 0 radical (unpaired) electrons. The summed E-state index contributed by atoms with van der Waals surface area (Å²) in [5, 5.41) is 20.6. The Morgan fingerprint density at radius 3 is 2.45 bits per heavy atom. The topological polar surface area (TPSA) is 122 Å². The highest BCUT2D eigenvalue weighted by molar-refractivity contribution is 14.1. The van der Waals surface area contributed by atoms with Gasteiger partial charge in [-0.15, -0.1) is 0 Å². The first-order valence-corrected chi connectivity index (χ1v) is 14.1. The lowest BCUT2D eigenvalue weighted by Crippen LogP contribution is -2.28. The fourth-order valence-corrected chi connectivity index (χ4v) is 6.70. The van der Waals surface area contributed by atoms with E-state index in [-0.39, 0.29) is 23.8 Å². The van der Waals surface area contributed by atoms with Gasteiger partial charge in [-0.1, -0.05) is 6.07 Å². The third-order valence-corrected chi connectivity index (χ3v) is 7.98. The Hall–Kier alpha value is -2.98. The van der Waals surface area contributed by atoms with Crippen molar-refractivity contribution in [1.29, 1.82) is 0 Å². The van der Waals surface area contributed by atoms with Crippen LogP contribution in [0.1, 0.15) is 28.4 Å². The molecule has 3 aromatic rings. The number of benzene rings is 3. The maximum absolute atomic E-state index is 13.1. The van der Waals surface area contributed by atoms with Crippen molar-refractivity contribution in [3.8, 4) is 5.75 Å². The van der Waals surface area contributed by atoms with Gasteiger partial charge in [0.2, 0.25) is 0 Å². The predicted molar refractivity (Wildman–Crippen MR) is 163 cm³/mol. The Kier molecular flexibility index (Phi) is 9.04. The van der Waals surface area contributed by atoms with Crippen LogP contribution in [0.25, 0.3) is 6.08 Å². The van der Waals surface area contributed by atoms with E-state index in [2.05, 4.69) is 50.2 Å². The number of likely N-dealkylation sites (N-methyl/N-ethyl adjacent to an activating group) is 1. The molecule has 12 heteroatoms. The molecule has 1 N–H and O–H groups in total. The Bertz CT molecular complexity index is 1470. The second-order valence-electron chi connectivity index (χ2n) is 7.94. The third-order valence-electron chi connectivity index (χ3n) is 5.37. The summed E-state index contributed by atoms with van der Waals surface area (Å²) < 4.78 is 7.70. The molecule has 194 valence electrons. The van der Waals surface area contributed by atoms with Crippen LogP contribution in [-0.4, -0.2) is 38.5 Å². The molecule has 0 bridgehead atoms. The van der Waals surface area contributed by atoms with Gasteiger partial charge in [-0.2, -0.15) is 0 Å². The zero-order chi connectivity index (χ0) is 27.4. The maximum atomic E-state index is 13.1. The van der Waals surface area contributed by atoms with E-state index in [0.717, 1.165) is 18.3 Å². The average molecular weight is 755 g/mol. The number of ether oxygens (including phenoxy) is 1. The molecule has 1 saturated heterocycles. The number of thioether (sulfide) groups is 1. The number of nitrogens with zero attached hydrogens (tertiary/aromatic N) is 3. The van der Waals surface area contributed by atoms with E-state index < -0.39 is 10.9 Å². The van der Waals surface area contributed by atoms with Crippen molar-refractivity contribution in [2.24, 2.45) is 4.99 Å². The highest BCUT2D eigenvalue weighted by Gasteiger charge is 2.32. The number of carboxylic acids is 1. The number of amides is 1. The number of carboxylic acid groups (broad SMARTS) is 1. The van der Waals surface area contributed by atoms with Crippen LogP contribution in [0.2, 0.25) is 0 Å². The van der Waals surface area contributed by atoms with E-state index in [9.17, 15) is 24.8 Å². The second kappa shape index (κ2) is 12.3. The molecule has 1 amide bonds. The standard InChI is InChI=1S/C26H19I2N3O6S/c1-2-30-24(32)22(38-26(30)29-18-5-3-4-17(13-18)25(33)34)12-16-10-20(27)23(21(28)11-16)37-14-15-6-8-19(9-7-15)31(35)36/h3-13H,2,14H2,1H3,(H,33,34). The van der Waals surface area contributed by atoms with E-state index in [1.807, 2.05) is 19.1 Å². The number of halogens is 2. The fraction of sp³-hybridized carbons (Fsp3) is 0.115. The quantitative estimate of drug-likeness (QED) is 0.118. The summed E-state index contributed by atoms with van der Waals surface area (Å²) >= 11 is 5.59. The Morgan fingerprint density at radius 1 is 1.16 bits per heavy atom. The molecule has 0 aromatic heterocycles. The van der Waals surface area contributed by atoms with Crippen molar-refractivity contribution >= 4 is 91.4 Å². The van der Waals surface area contributed by atoms with E-state index in [1.165, 1.54) is 36.0 Å². The molecular weight excluding hydrogens is 736 g/mol. The number of nitro groups is 1. The Labute approximate surface area is 249 Å². The van der Waals surface area contributed by atoms with Crippen molar-refractivity contribution in [3.05, 3.63) is 99.5 Å². The van der Waals surface area contributed by atoms with Crippen LogP contribution in [0.4, 0.5) is 11.4 Å². The van der Waals surface area contributed by atoms with Crippen LogP contribution in [0, 0.1) is 17.3 Å². The molecule has 3 aromatic carbocycles. The van der Waals surface area contributed by atoms with Crippen LogP contribution in [0.15, 0.2) is 70.6 Å². The monoisotopic (exact) mass is 755 g/mol. The minimum Gasteiger partial charge on any atom is -0.487 e. The van der Waals surface area contributed by atoms with E-state index >= 15 is 0 Å².